The van der Waals surface area contributed by atoms with E-state index in [1.165, 1.54) is 212 Å². The van der Waals surface area contributed by atoms with Crippen LogP contribution in [0, 0.1) is 0 Å². The summed E-state index contributed by atoms with van der Waals surface area (Å²) in [6, 6.07) is -1.20. The molecule has 81 heavy (non-hydrogen) atoms. The van der Waals surface area contributed by atoms with Crippen molar-refractivity contribution in [3.63, 3.8) is 0 Å². The first-order valence-electron chi connectivity index (χ1n) is 34.2. The third kappa shape index (κ3) is 45.8. The van der Waals surface area contributed by atoms with Gasteiger partial charge in [0.05, 0.1) is 25.4 Å². The maximum Gasteiger partial charge on any atom is 0.249 e. The highest BCUT2D eigenvalue weighted by Gasteiger charge is 2.44. The molecule has 1 aliphatic heterocycles. The molecule has 1 aliphatic rings. The van der Waals surface area contributed by atoms with Crippen molar-refractivity contribution in [2.24, 2.45) is 0 Å². The van der Waals surface area contributed by atoms with Crippen molar-refractivity contribution in [3.8, 4) is 0 Å². The van der Waals surface area contributed by atoms with Crippen LogP contribution in [0.2, 0.25) is 0 Å². The number of carbonyl (C=O) groups excluding carboxylic acids is 1. The Labute approximate surface area is 497 Å². The summed E-state index contributed by atoms with van der Waals surface area (Å²) >= 11 is 0. The number of hydrogen-bond acceptors (Lipinski definition) is 10. The predicted molar refractivity (Wildman–Crippen MR) is 339 cm³/mol. The molecule has 0 aromatic heterocycles. The second-order valence-electron chi connectivity index (χ2n) is 23.9. The van der Waals surface area contributed by atoms with E-state index < -0.39 is 74.2 Å². The minimum absolute atomic E-state index is 0.239. The van der Waals surface area contributed by atoms with Gasteiger partial charge in [-0.2, -0.15) is 0 Å². The topological polar surface area (TPSA) is 189 Å². The second kappa shape index (κ2) is 58.2. The highest BCUT2D eigenvalue weighted by Crippen LogP contribution is 2.24. The molecular formula is C70H129NO10. The number of aliphatic hydroxyl groups is 7. The van der Waals surface area contributed by atoms with Gasteiger partial charge in [0.2, 0.25) is 5.91 Å². The van der Waals surface area contributed by atoms with E-state index in [0.717, 1.165) is 51.4 Å². The molecule has 474 valence electrons. The molecule has 1 saturated heterocycles. The summed E-state index contributed by atoms with van der Waals surface area (Å²) in [5.41, 5.74) is 0. The number of ether oxygens (including phenoxy) is 2. The van der Waals surface area contributed by atoms with Crippen molar-refractivity contribution in [1.29, 1.82) is 0 Å². The van der Waals surface area contributed by atoms with Crippen molar-refractivity contribution < 1.29 is 50.0 Å². The third-order valence-corrected chi connectivity index (χ3v) is 16.2. The Hall–Kier alpha value is -2.19. The minimum atomic E-state index is -1.68. The van der Waals surface area contributed by atoms with Crippen molar-refractivity contribution >= 4 is 5.91 Å². The molecule has 1 amide bonds. The van der Waals surface area contributed by atoms with Gasteiger partial charge in [0.15, 0.2) is 6.29 Å². The van der Waals surface area contributed by atoms with E-state index in [1.54, 1.807) is 0 Å². The van der Waals surface area contributed by atoms with Gasteiger partial charge in [0.25, 0.3) is 0 Å². The Morgan fingerprint density at radius 2 is 0.778 bits per heavy atom. The van der Waals surface area contributed by atoms with Crippen molar-refractivity contribution in [2.75, 3.05) is 13.2 Å². The molecule has 0 spiro atoms. The Balaban J connectivity index is 2.27. The zero-order chi connectivity index (χ0) is 58.9. The molecule has 0 bridgehead atoms. The zero-order valence-electron chi connectivity index (χ0n) is 52.3. The number of allylic oxidation sites excluding steroid dienone is 10. The molecule has 9 atom stereocenters. The summed E-state index contributed by atoms with van der Waals surface area (Å²) in [4.78, 5) is 13.2. The smallest absolute Gasteiger partial charge is 0.249 e. The number of aliphatic hydroxyl groups excluding tert-OH is 7. The molecule has 9 unspecified atom stereocenters. The van der Waals surface area contributed by atoms with Crippen LogP contribution in [0.5, 0.6) is 0 Å². The first kappa shape index (κ1) is 76.8. The lowest BCUT2D eigenvalue weighted by atomic mass is 9.98. The lowest BCUT2D eigenvalue weighted by molar-refractivity contribution is -0.303. The van der Waals surface area contributed by atoms with Crippen LogP contribution < -0.4 is 5.32 Å². The first-order chi connectivity index (χ1) is 39.7. The summed E-state index contributed by atoms with van der Waals surface area (Å²) in [5.74, 6) is -0.712. The number of rotatable bonds is 59. The fourth-order valence-corrected chi connectivity index (χ4v) is 10.7. The molecule has 1 fully saturated rings. The van der Waals surface area contributed by atoms with Gasteiger partial charge in [-0.05, 0) is 96.3 Å². The fraction of sp³-hybridized carbons (Fsp3) is 0.843. The third-order valence-electron chi connectivity index (χ3n) is 16.2. The van der Waals surface area contributed by atoms with Crippen LogP contribution in [0.1, 0.15) is 309 Å². The van der Waals surface area contributed by atoms with Crippen LogP contribution in [0.15, 0.2) is 60.8 Å². The van der Waals surface area contributed by atoms with E-state index >= 15 is 0 Å². The van der Waals surface area contributed by atoms with Gasteiger partial charge >= 0.3 is 0 Å². The largest absolute Gasteiger partial charge is 0.394 e. The van der Waals surface area contributed by atoms with E-state index in [2.05, 4.69) is 79.9 Å². The molecule has 8 N–H and O–H groups in total. The van der Waals surface area contributed by atoms with Crippen LogP contribution in [0.3, 0.4) is 0 Å². The normalized spacial score (nSPS) is 19.5. The van der Waals surface area contributed by atoms with Gasteiger partial charge in [0.1, 0.15) is 36.6 Å². The second-order valence-corrected chi connectivity index (χ2v) is 23.9. The van der Waals surface area contributed by atoms with E-state index in [0.29, 0.717) is 19.3 Å². The zero-order valence-corrected chi connectivity index (χ0v) is 52.3. The van der Waals surface area contributed by atoms with Crippen molar-refractivity contribution in [2.45, 2.75) is 364 Å². The van der Waals surface area contributed by atoms with Crippen molar-refractivity contribution in [1.82, 2.24) is 5.32 Å². The van der Waals surface area contributed by atoms with Gasteiger partial charge in [-0.3, -0.25) is 4.79 Å². The summed E-state index contributed by atoms with van der Waals surface area (Å²) in [5, 5.41) is 76.4. The highest BCUT2D eigenvalue weighted by molar-refractivity contribution is 5.80. The molecule has 11 heteroatoms. The Bertz CT molecular complexity index is 1500. The maximum absolute atomic E-state index is 13.2. The van der Waals surface area contributed by atoms with Gasteiger partial charge in [0, 0.05) is 0 Å². The molecule has 0 aromatic carbocycles. The average molecular weight is 1140 g/mol. The van der Waals surface area contributed by atoms with Crippen LogP contribution in [0.4, 0.5) is 0 Å². The minimum Gasteiger partial charge on any atom is -0.394 e. The quantitative estimate of drug-likeness (QED) is 0.0215. The molecule has 1 rings (SSSR count). The van der Waals surface area contributed by atoms with Gasteiger partial charge in [-0.1, -0.05) is 274 Å². The van der Waals surface area contributed by atoms with Gasteiger partial charge in [-0.25, -0.2) is 0 Å². The maximum atomic E-state index is 13.2. The summed E-state index contributed by atoms with van der Waals surface area (Å²) < 4.78 is 11.2. The lowest BCUT2D eigenvalue weighted by Crippen LogP contribution is -2.60. The Morgan fingerprint density at radius 1 is 0.432 bits per heavy atom. The van der Waals surface area contributed by atoms with Crippen LogP contribution in [-0.2, 0) is 14.3 Å². The average Bonchev–Trinajstić information content (AvgIpc) is 3.51. The predicted octanol–water partition coefficient (Wildman–Crippen LogP) is 16.1. The number of nitrogens with one attached hydrogen (secondary N) is 1. The lowest BCUT2D eigenvalue weighted by Gasteiger charge is -2.40. The fourth-order valence-electron chi connectivity index (χ4n) is 10.7. The molecule has 0 aliphatic carbocycles. The molecular weight excluding hydrogens is 1010 g/mol. The van der Waals surface area contributed by atoms with Crippen molar-refractivity contribution in [3.05, 3.63) is 60.8 Å². The summed E-state index contributed by atoms with van der Waals surface area (Å²) in [6.07, 6.45) is 65.8. The number of amides is 1. The number of unbranched alkanes of at least 4 members (excludes halogenated alkanes) is 37. The SMILES string of the molecule is CCCCCCCCCCC/C=C\C/C=C\CCCCCCCCCCCCCCC(O)C(=O)NC(COC1OC(CO)C(O)C(O)C1O)C(O)C(O)CCC/C=C/CC/C=C/CC/C=C/CCCCCCCCCCCCCCC. The van der Waals surface area contributed by atoms with E-state index in [-0.39, 0.29) is 12.8 Å². The van der Waals surface area contributed by atoms with Crippen LogP contribution >= 0.6 is 0 Å². The standard InChI is InChI=1S/C70H129NO10/c1-3-5-7-9-11-13-15-17-19-21-23-25-27-29-31-32-34-36-38-40-42-44-46-48-50-52-54-56-58-63(74)69(79)71-61(60-80-70-68(78)67(77)66(76)64(59-72)81-70)65(75)62(73)57-55-53-51-49-47-45-43-41-39-37-35-33-30-28-26-24-22-20-18-16-14-12-10-8-6-4-2/h23,25,29,31,33,35,41,43,49,51,61-68,70,72-78H,3-22,24,26-28,30,32,34,36-40,42,44-48,50,52-60H2,1-2H3,(H,71,79)/b25-23-,31-29-,35-33+,43-41+,51-49+. The van der Waals surface area contributed by atoms with E-state index in [1.807, 2.05) is 0 Å². The van der Waals surface area contributed by atoms with Crippen LogP contribution in [0.25, 0.3) is 0 Å². The molecule has 0 radical (unpaired) electrons. The molecule has 0 saturated carbocycles. The summed E-state index contributed by atoms with van der Waals surface area (Å²) in [7, 11) is 0. The molecule has 1 heterocycles. The van der Waals surface area contributed by atoms with E-state index in [4.69, 9.17) is 9.47 Å². The highest BCUT2D eigenvalue weighted by atomic mass is 16.7. The van der Waals surface area contributed by atoms with E-state index in [9.17, 15) is 40.5 Å². The Kier molecular flexibility index (Phi) is 55.2. The van der Waals surface area contributed by atoms with Gasteiger partial charge < -0.3 is 50.5 Å². The Morgan fingerprint density at radius 3 is 1.17 bits per heavy atom. The number of carbonyl (C=O) groups is 1. The molecule has 0 aromatic rings. The number of hydrogen-bond donors (Lipinski definition) is 8. The van der Waals surface area contributed by atoms with Crippen LogP contribution in [-0.4, -0.2) is 110 Å². The summed E-state index contributed by atoms with van der Waals surface area (Å²) in [6.45, 7) is 3.47. The van der Waals surface area contributed by atoms with Gasteiger partial charge in [-0.15, -0.1) is 0 Å². The monoisotopic (exact) mass is 1140 g/mol. The first-order valence-corrected chi connectivity index (χ1v) is 34.2. The molecule has 11 nitrogen and oxygen atoms in total.